The van der Waals surface area contributed by atoms with Crippen molar-refractivity contribution in [3.63, 3.8) is 0 Å². The van der Waals surface area contributed by atoms with E-state index in [4.69, 9.17) is 9.57 Å². The predicted octanol–water partition coefficient (Wildman–Crippen LogP) is 1.58. The van der Waals surface area contributed by atoms with Crippen LogP contribution in [0.5, 0.6) is 0 Å². The van der Waals surface area contributed by atoms with E-state index < -0.39 is 0 Å². The zero-order chi connectivity index (χ0) is 8.10. The van der Waals surface area contributed by atoms with Crippen molar-refractivity contribution in [3.8, 4) is 0 Å². The molecular weight excluding hydrogens is 142 g/mol. The Labute approximate surface area is 67.4 Å². The van der Waals surface area contributed by atoms with E-state index in [1.165, 1.54) is 0 Å². The highest BCUT2D eigenvalue weighted by molar-refractivity contribution is 5.86. The fraction of sp³-hybridized carbons (Fsp3) is 0.875. The van der Waals surface area contributed by atoms with E-state index in [9.17, 15) is 0 Å². The van der Waals surface area contributed by atoms with Crippen molar-refractivity contribution >= 4 is 5.71 Å². The van der Waals surface area contributed by atoms with Gasteiger partial charge in [0.2, 0.25) is 0 Å². The molecule has 1 unspecified atom stereocenters. The third-order valence-corrected chi connectivity index (χ3v) is 1.73. The molecule has 1 rings (SSSR count). The Morgan fingerprint density at radius 3 is 3.09 bits per heavy atom. The summed E-state index contributed by atoms with van der Waals surface area (Å²) in [5, 5.41) is 3.92. The molecule has 3 nitrogen and oxygen atoms in total. The van der Waals surface area contributed by atoms with Gasteiger partial charge in [-0.2, -0.15) is 0 Å². The van der Waals surface area contributed by atoms with Gasteiger partial charge in [0, 0.05) is 6.61 Å². The van der Waals surface area contributed by atoms with E-state index in [-0.39, 0.29) is 6.10 Å². The lowest BCUT2D eigenvalue weighted by Gasteiger charge is -2.07. The Morgan fingerprint density at radius 1 is 1.73 bits per heavy atom. The molecule has 0 aromatic rings. The molecule has 0 spiro atoms. The molecule has 1 atom stereocenters. The average molecular weight is 157 g/mol. The Kier molecular flexibility index (Phi) is 3.36. The second-order valence-electron chi connectivity index (χ2n) is 2.65. The maximum absolute atomic E-state index is 5.40. The minimum absolute atomic E-state index is 0.210. The lowest BCUT2D eigenvalue weighted by molar-refractivity contribution is 0.134. The number of hydrogen-bond donors (Lipinski definition) is 0. The number of ether oxygens (including phenoxy) is 1. The molecule has 1 saturated heterocycles. The van der Waals surface area contributed by atoms with E-state index >= 15 is 0 Å². The maximum atomic E-state index is 5.40. The van der Waals surface area contributed by atoms with E-state index in [1.807, 2.05) is 13.8 Å². The van der Waals surface area contributed by atoms with Crippen molar-refractivity contribution in [3.05, 3.63) is 0 Å². The highest BCUT2D eigenvalue weighted by atomic mass is 16.6. The van der Waals surface area contributed by atoms with Gasteiger partial charge >= 0.3 is 0 Å². The summed E-state index contributed by atoms with van der Waals surface area (Å²) in [5.74, 6) is 0. The van der Waals surface area contributed by atoms with Crippen LogP contribution in [0, 0.1) is 0 Å². The lowest BCUT2D eigenvalue weighted by Crippen LogP contribution is -2.16. The van der Waals surface area contributed by atoms with Crippen LogP contribution in [0.4, 0.5) is 0 Å². The zero-order valence-corrected chi connectivity index (χ0v) is 7.17. The summed E-state index contributed by atoms with van der Waals surface area (Å²) >= 11 is 0. The summed E-state index contributed by atoms with van der Waals surface area (Å²) in [7, 11) is 0. The molecule has 0 N–H and O–H groups in total. The first kappa shape index (κ1) is 8.53. The highest BCUT2D eigenvalue weighted by Crippen LogP contribution is 2.13. The summed E-state index contributed by atoms with van der Waals surface area (Å²) in [6.45, 7) is 5.37. The van der Waals surface area contributed by atoms with Gasteiger partial charge in [0.1, 0.15) is 6.61 Å². The molecule has 64 valence electrons. The minimum Gasteiger partial charge on any atom is -0.396 e. The van der Waals surface area contributed by atoms with Crippen molar-refractivity contribution in [1.82, 2.24) is 0 Å². The molecule has 0 bridgehead atoms. The van der Waals surface area contributed by atoms with Crippen LogP contribution >= 0.6 is 0 Å². The number of oxime groups is 1. The highest BCUT2D eigenvalue weighted by Gasteiger charge is 2.18. The smallest absolute Gasteiger partial charge is 0.114 e. The second-order valence-corrected chi connectivity index (χ2v) is 2.65. The summed E-state index contributed by atoms with van der Waals surface area (Å²) in [6.07, 6.45) is 2.44. The summed E-state index contributed by atoms with van der Waals surface area (Å²) in [6, 6.07) is 0. The summed E-state index contributed by atoms with van der Waals surface area (Å²) in [4.78, 5) is 4.92. The molecule has 0 aliphatic carbocycles. The molecule has 0 radical (unpaired) electrons. The summed E-state index contributed by atoms with van der Waals surface area (Å²) < 4.78 is 5.40. The Hall–Kier alpha value is -0.570. The Morgan fingerprint density at radius 2 is 2.55 bits per heavy atom. The van der Waals surface area contributed by atoms with Gasteiger partial charge in [0.05, 0.1) is 11.8 Å². The van der Waals surface area contributed by atoms with Gasteiger partial charge in [0.25, 0.3) is 0 Å². The first-order valence-electron chi connectivity index (χ1n) is 4.12. The first-order valence-corrected chi connectivity index (χ1v) is 4.12. The number of nitrogens with zero attached hydrogens (tertiary/aromatic N) is 1. The molecule has 0 aromatic carbocycles. The normalized spacial score (nSPS) is 25.6. The van der Waals surface area contributed by atoms with Crippen LogP contribution in [0.3, 0.4) is 0 Å². The molecular formula is C8H15NO2. The molecule has 1 aliphatic heterocycles. The third-order valence-electron chi connectivity index (χ3n) is 1.73. The topological polar surface area (TPSA) is 30.8 Å². The molecule has 0 amide bonds. The lowest BCUT2D eigenvalue weighted by atomic mass is 10.2. The first-order chi connectivity index (χ1) is 5.34. The number of hydrogen-bond acceptors (Lipinski definition) is 3. The van der Waals surface area contributed by atoms with Gasteiger partial charge in [-0.1, -0.05) is 5.16 Å². The van der Waals surface area contributed by atoms with Crippen molar-refractivity contribution in [2.45, 2.75) is 32.8 Å². The molecule has 11 heavy (non-hydrogen) atoms. The van der Waals surface area contributed by atoms with Crippen LogP contribution < -0.4 is 0 Å². The van der Waals surface area contributed by atoms with Crippen molar-refractivity contribution in [2.24, 2.45) is 5.16 Å². The molecule has 0 saturated carbocycles. The fourth-order valence-electron chi connectivity index (χ4n) is 1.13. The standard InChI is InChI=1S/C8H15NO2/c1-3-11-9-7(2)8-5-4-6-10-8/h8H,3-6H2,1-2H3/b9-7+. The van der Waals surface area contributed by atoms with Crippen molar-refractivity contribution in [2.75, 3.05) is 13.2 Å². The SMILES string of the molecule is CCO/N=C(\C)C1CCCO1. The van der Waals surface area contributed by atoms with Crippen LogP contribution in [0.2, 0.25) is 0 Å². The van der Waals surface area contributed by atoms with E-state index in [0.717, 1.165) is 25.2 Å². The van der Waals surface area contributed by atoms with E-state index in [2.05, 4.69) is 5.16 Å². The van der Waals surface area contributed by atoms with Crippen LogP contribution in [0.1, 0.15) is 26.7 Å². The average Bonchev–Trinajstić information content (AvgIpc) is 2.52. The van der Waals surface area contributed by atoms with E-state index in [1.54, 1.807) is 0 Å². The monoisotopic (exact) mass is 157 g/mol. The van der Waals surface area contributed by atoms with Crippen molar-refractivity contribution in [1.29, 1.82) is 0 Å². The third kappa shape index (κ3) is 2.50. The van der Waals surface area contributed by atoms with Gasteiger partial charge < -0.3 is 9.57 Å². The van der Waals surface area contributed by atoms with Gasteiger partial charge in [-0.3, -0.25) is 0 Å². The molecule has 1 aliphatic rings. The Bertz CT molecular complexity index is 139. The molecule has 1 fully saturated rings. The van der Waals surface area contributed by atoms with Crippen LogP contribution in [0.15, 0.2) is 5.16 Å². The molecule has 3 heteroatoms. The largest absolute Gasteiger partial charge is 0.396 e. The quantitative estimate of drug-likeness (QED) is 0.460. The van der Waals surface area contributed by atoms with Crippen molar-refractivity contribution < 1.29 is 9.57 Å². The van der Waals surface area contributed by atoms with Crippen LogP contribution in [-0.4, -0.2) is 25.0 Å². The molecule has 0 aromatic heterocycles. The fourth-order valence-corrected chi connectivity index (χ4v) is 1.13. The van der Waals surface area contributed by atoms with Crippen LogP contribution in [-0.2, 0) is 9.57 Å². The van der Waals surface area contributed by atoms with Gasteiger partial charge in [-0.05, 0) is 26.7 Å². The second kappa shape index (κ2) is 4.34. The van der Waals surface area contributed by atoms with Gasteiger partial charge in [-0.15, -0.1) is 0 Å². The predicted molar refractivity (Wildman–Crippen MR) is 43.7 cm³/mol. The van der Waals surface area contributed by atoms with Gasteiger partial charge in [0.15, 0.2) is 0 Å². The van der Waals surface area contributed by atoms with Gasteiger partial charge in [-0.25, -0.2) is 0 Å². The number of rotatable bonds is 3. The maximum Gasteiger partial charge on any atom is 0.114 e. The zero-order valence-electron chi connectivity index (χ0n) is 7.17. The van der Waals surface area contributed by atoms with E-state index in [0.29, 0.717) is 6.61 Å². The minimum atomic E-state index is 0.210. The molecule has 1 heterocycles. The van der Waals surface area contributed by atoms with Crippen LogP contribution in [0.25, 0.3) is 0 Å². The summed E-state index contributed by atoms with van der Waals surface area (Å²) in [5.41, 5.74) is 0.962. The Balaban J connectivity index is 2.32.